The third kappa shape index (κ3) is 4.89. The number of aromatic nitrogens is 2. The zero-order valence-electron chi connectivity index (χ0n) is 10.8. The maximum atomic E-state index is 11.6. The topological polar surface area (TPSA) is 74.8 Å². The van der Waals surface area contributed by atoms with E-state index >= 15 is 0 Å². The summed E-state index contributed by atoms with van der Waals surface area (Å²) in [4.78, 5) is 29.2. The van der Waals surface area contributed by atoms with Gasteiger partial charge in [-0.15, -0.1) is 0 Å². The zero-order valence-corrected chi connectivity index (χ0v) is 11.7. The van der Waals surface area contributed by atoms with Gasteiger partial charge in [-0.1, -0.05) is 42.1 Å². The molecule has 5 nitrogen and oxygen atoms in total. The molecule has 0 spiro atoms. The lowest BCUT2D eigenvalue weighted by atomic mass is 10.1. The van der Waals surface area contributed by atoms with Gasteiger partial charge in [0.1, 0.15) is 0 Å². The van der Waals surface area contributed by atoms with E-state index in [1.807, 2.05) is 30.3 Å². The second-order valence-electron chi connectivity index (χ2n) is 4.11. The van der Waals surface area contributed by atoms with Crippen molar-refractivity contribution in [2.24, 2.45) is 0 Å². The Balaban J connectivity index is 1.69. The molecular weight excluding hydrogens is 274 g/mol. The van der Waals surface area contributed by atoms with E-state index in [0.29, 0.717) is 11.7 Å². The largest absolute Gasteiger partial charge is 0.355 e. The van der Waals surface area contributed by atoms with Crippen molar-refractivity contribution in [1.82, 2.24) is 15.3 Å². The lowest BCUT2D eigenvalue weighted by molar-refractivity contribution is -0.118. The molecule has 0 atom stereocenters. The summed E-state index contributed by atoms with van der Waals surface area (Å²) in [5.74, 6) is 0.166. The minimum Gasteiger partial charge on any atom is -0.355 e. The van der Waals surface area contributed by atoms with Gasteiger partial charge in [-0.05, 0) is 12.0 Å². The molecule has 2 N–H and O–H groups in total. The van der Waals surface area contributed by atoms with Gasteiger partial charge in [0, 0.05) is 18.8 Å². The van der Waals surface area contributed by atoms with Crippen LogP contribution in [0.2, 0.25) is 0 Å². The molecule has 6 heteroatoms. The fraction of sp³-hybridized carbons (Fsp3) is 0.214. The maximum Gasteiger partial charge on any atom is 0.251 e. The Labute approximate surface area is 120 Å². The van der Waals surface area contributed by atoms with E-state index in [9.17, 15) is 9.59 Å². The van der Waals surface area contributed by atoms with E-state index in [-0.39, 0.29) is 17.2 Å². The fourth-order valence-electron chi connectivity index (χ4n) is 1.60. The van der Waals surface area contributed by atoms with Crippen LogP contribution in [0.15, 0.2) is 52.5 Å². The van der Waals surface area contributed by atoms with Crippen LogP contribution in [0, 0.1) is 0 Å². The number of rotatable bonds is 6. The molecule has 0 aliphatic heterocycles. The van der Waals surface area contributed by atoms with Gasteiger partial charge in [-0.3, -0.25) is 9.59 Å². The van der Waals surface area contributed by atoms with Gasteiger partial charge in [-0.2, -0.15) is 0 Å². The molecule has 0 fully saturated rings. The molecule has 0 unspecified atom stereocenters. The normalized spacial score (nSPS) is 10.2. The van der Waals surface area contributed by atoms with Crippen LogP contribution in [-0.2, 0) is 11.2 Å². The SMILES string of the molecule is O=C(CSc1nccc(=O)[nH]1)NCCc1ccccc1. The minimum absolute atomic E-state index is 0.0718. The number of nitrogens with one attached hydrogen (secondary N) is 2. The highest BCUT2D eigenvalue weighted by atomic mass is 32.2. The van der Waals surface area contributed by atoms with Crippen LogP contribution in [0.25, 0.3) is 0 Å². The zero-order chi connectivity index (χ0) is 14.2. The highest BCUT2D eigenvalue weighted by molar-refractivity contribution is 7.99. The Morgan fingerprint density at radius 3 is 2.80 bits per heavy atom. The fourth-order valence-corrected chi connectivity index (χ4v) is 2.28. The molecule has 1 amide bonds. The Morgan fingerprint density at radius 1 is 1.25 bits per heavy atom. The Morgan fingerprint density at radius 2 is 2.05 bits per heavy atom. The van der Waals surface area contributed by atoms with E-state index < -0.39 is 0 Å². The summed E-state index contributed by atoms with van der Waals surface area (Å²) < 4.78 is 0. The lowest BCUT2D eigenvalue weighted by Crippen LogP contribution is -2.27. The Bertz CT molecular complexity index is 613. The van der Waals surface area contributed by atoms with E-state index in [2.05, 4.69) is 15.3 Å². The number of hydrogen-bond acceptors (Lipinski definition) is 4. The summed E-state index contributed by atoms with van der Waals surface area (Å²) in [6.07, 6.45) is 2.23. The molecule has 0 aliphatic carbocycles. The summed E-state index contributed by atoms with van der Waals surface area (Å²) in [7, 11) is 0. The molecule has 0 aliphatic rings. The lowest BCUT2D eigenvalue weighted by Gasteiger charge is -2.04. The summed E-state index contributed by atoms with van der Waals surface area (Å²) in [6, 6.07) is 11.3. The van der Waals surface area contributed by atoms with Gasteiger partial charge < -0.3 is 10.3 Å². The Hall–Kier alpha value is -2.08. The monoisotopic (exact) mass is 289 g/mol. The van der Waals surface area contributed by atoms with Crippen LogP contribution in [0.4, 0.5) is 0 Å². The van der Waals surface area contributed by atoms with Crippen LogP contribution in [0.3, 0.4) is 0 Å². The van der Waals surface area contributed by atoms with Gasteiger partial charge in [-0.25, -0.2) is 4.98 Å². The predicted molar refractivity (Wildman–Crippen MR) is 78.7 cm³/mol. The van der Waals surface area contributed by atoms with Crippen molar-refractivity contribution in [3.63, 3.8) is 0 Å². The minimum atomic E-state index is -0.216. The highest BCUT2D eigenvalue weighted by Crippen LogP contribution is 2.08. The average Bonchev–Trinajstić information content (AvgIpc) is 2.46. The van der Waals surface area contributed by atoms with Crippen LogP contribution < -0.4 is 10.9 Å². The van der Waals surface area contributed by atoms with Crippen molar-refractivity contribution < 1.29 is 4.79 Å². The number of carbonyl (C=O) groups excluding carboxylic acids is 1. The number of benzene rings is 1. The van der Waals surface area contributed by atoms with E-state index in [1.54, 1.807) is 0 Å². The molecule has 20 heavy (non-hydrogen) atoms. The van der Waals surface area contributed by atoms with Crippen LogP contribution in [0.5, 0.6) is 0 Å². The van der Waals surface area contributed by atoms with Gasteiger partial charge in [0.25, 0.3) is 5.56 Å². The number of amides is 1. The van der Waals surface area contributed by atoms with Gasteiger partial charge in [0.15, 0.2) is 5.16 Å². The van der Waals surface area contributed by atoms with E-state index in [4.69, 9.17) is 0 Å². The highest BCUT2D eigenvalue weighted by Gasteiger charge is 2.03. The van der Waals surface area contributed by atoms with Crippen LogP contribution in [0.1, 0.15) is 5.56 Å². The van der Waals surface area contributed by atoms with Crippen molar-refractivity contribution in [2.75, 3.05) is 12.3 Å². The first-order chi connectivity index (χ1) is 9.74. The second kappa shape index (κ2) is 7.49. The van der Waals surface area contributed by atoms with E-state index in [1.165, 1.54) is 29.6 Å². The molecule has 2 rings (SSSR count). The molecule has 104 valence electrons. The molecule has 2 aromatic rings. The quantitative estimate of drug-likeness (QED) is 0.619. The number of H-pyrrole nitrogens is 1. The van der Waals surface area contributed by atoms with Gasteiger partial charge in [0.2, 0.25) is 5.91 Å². The maximum absolute atomic E-state index is 11.6. The smallest absolute Gasteiger partial charge is 0.251 e. The second-order valence-corrected chi connectivity index (χ2v) is 5.08. The standard InChI is InChI=1S/C14H15N3O2S/c18-12-7-9-16-14(17-12)20-10-13(19)15-8-6-11-4-2-1-3-5-11/h1-5,7,9H,6,8,10H2,(H,15,19)(H,16,17,18). The molecule has 0 radical (unpaired) electrons. The van der Waals surface area contributed by atoms with Crippen molar-refractivity contribution >= 4 is 17.7 Å². The summed E-state index contributed by atoms with van der Waals surface area (Å²) in [5, 5.41) is 3.29. The molecule has 1 aromatic heterocycles. The predicted octanol–water partition coefficient (Wildman–Crippen LogP) is 1.22. The molecule has 1 heterocycles. The molecule has 0 saturated carbocycles. The number of carbonyl (C=O) groups is 1. The number of aromatic amines is 1. The first kappa shape index (κ1) is 14.3. The third-order valence-corrected chi connectivity index (χ3v) is 3.45. The summed E-state index contributed by atoms with van der Waals surface area (Å²) in [6.45, 7) is 0.599. The number of thioether (sulfide) groups is 1. The molecule has 1 aromatic carbocycles. The average molecular weight is 289 g/mol. The molecule has 0 bridgehead atoms. The van der Waals surface area contributed by atoms with Crippen LogP contribution >= 0.6 is 11.8 Å². The molecular formula is C14H15N3O2S. The van der Waals surface area contributed by atoms with Crippen molar-refractivity contribution in [3.05, 3.63) is 58.5 Å². The van der Waals surface area contributed by atoms with Crippen molar-refractivity contribution in [2.45, 2.75) is 11.6 Å². The van der Waals surface area contributed by atoms with Crippen molar-refractivity contribution in [3.8, 4) is 0 Å². The Kier molecular flexibility index (Phi) is 5.37. The third-order valence-electron chi connectivity index (χ3n) is 2.57. The van der Waals surface area contributed by atoms with Gasteiger partial charge >= 0.3 is 0 Å². The first-order valence-corrected chi connectivity index (χ1v) is 7.21. The summed E-state index contributed by atoms with van der Waals surface area (Å²) in [5.41, 5.74) is 0.974. The number of nitrogens with zero attached hydrogens (tertiary/aromatic N) is 1. The van der Waals surface area contributed by atoms with E-state index in [0.717, 1.165) is 6.42 Å². The van der Waals surface area contributed by atoms with Gasteiger partial charge in [0.05, 0.1) is 5.75 Å². The summed E-state index contributed by atoms with van der Waals surface area (Å²) >= 11 is 1.21. The van der Waals surface area contributed by atoms with Crippen LogP contribution in [-0.4, -0.2) is 28.2 Å². The molecule has 0 saturated heterocycles. The number of hydrogen-bond donors (Lipinski definition) is 2. The first-order valence-electron chi connectivity index (χ1n) is 6.23. The van der Waals surface area contributed by atoms with Crippen molar-refractivity contribution in [1.29, 1.82) is 0 Å².